The van der Waals surface area contributed by atoms with Crippen LogP contribution in [0.2, 0.25) is 0 Å². The largest absolute Gasteiger partial charge is 0.381 e. The Kier molecular flexibility index (Phi) is 4.04. The zero-order chi connectivity index (χ0) is 9.03. The first-order valence-corrected chi connectivity index (χ1v) is 5.94. The molecule has 0 spiro atoms. The minimum atomic E-state index is 0.525. The van der Waals surface area contributed by atoms with Crippen LogP contribution in [0.3, 0.4) is 0 Å². The Hall–Kier alpha value is 0.440. The van der Waals surface area contributed by atoms with E-state index in [0.29, 0.717) is 5.41 Å². The molecule has 0 aliphatic heterocycles. The molecule has 0 aromatic rings. The molecule has 0 amide bonds. The summed E-state index contributed by atoms with van der Waals surface area (Å²) in [6, 6.07) is 0. The van der Waals surface area contributed by atoms with Crippen LogP contribution in [0.4, 0.5) is 0 Å². The number of ether oxygens (including phenoxy) is 1. The fourth-order valence-electron chi connectivity index (χ4n) is 1.10. The second-order valence-electron chi connectivity index (χ2n) is 4.37. The summed E-state index contributed by atoms with van der Waals surface area (Å²) in [7, 11) is 0. The minimum absolute atomic E-state index is 0.525. The lowest BCUT2D eigenvalue weighted by Crippen LogP contribution is -2.13. The van der Waals surface area contributed by atoms with Crippen molar-refractivity contribution in [2.75, 3.05) is 18.5 Å². The third-order valence-electron chi connectivity index (χ3n) is 2.49. The lowest BCUT2D eigenvalue weighted by Gasteiger charge is -2.12. The monoisotopic (exact) mass is 234 g/mol. The molecule has 1 rings (SSSR count). The van der Waals surface area contributed by atoms with Gasteiger partial charge < -0.3 is 4.74 Å². The van der Waals surface area contributed by atoms with Gasteiger partial charge in [-0.15, -0.1) is 0 Å². The van der Waals surface area contributed by atoms with Gasteiger partial charge in [0.25, 0.3) is 0 Å². The molecule has 1 aliphatic rings. The Labute approximate surface area is 84.0 Å². The maximum Gasteiger partial charge on any atom is 0.0530 e. The number of halogens is 1. The number of rotatable bonds is 6. The van der Waals surface area contributed by atoms with Crippen molar-refractivity contribution in [2.45, 2.75) is 33.1 Å². The van der Waals surface area contributed by atoms with Gasteiger partial charge in [-0.1, -0.05) is 29.8 Å². The molecular weight excluding hydrogens is 216 g/mol. The Morgan fingerprint density at radius 3 is 2.50 bits per heavy atom. The molecule has 1 fully saturated rings. The predicted molar refractivity (Wildman–Crippen MR) is 55.7 cm³/mol. The SMILES string of the molecule is CC(C)CCOCC1(CBr)CC1. The van der Waals surface area contributed by atoms with Gasteiger partial charge in [-0.05, 0) is 25.2 Å². The molecule has 1 aliphatic carbocycles. The average Bonchev–Trinajstić information content (AvgIpc) is 2.79. The molecule has 0 atom stereocenters. The van der Waals surface area contributed by atoms with E-state index in [4.69, 9.17) is 4.74 Å². The van der Waals surface area contributed by atoms with Crippen molar-refractivity contribution >= 4 is 15.9 Å². The standard InChI is InChI=1S/C10H19BrO/c1-9(2)3-6-12-8-10(7-11)4-5-10/h9H,3-8H2,1-2H3. The highest BCUT2D eigenvalue weighted by atomic mass is 79.9. The molecule has 0 radical (unpaired) electrons. The lowest BCUT2D eigenvalue weighted by atomic mass is 10.1. The summed E-state index contributed by atoms with van der Waals surface area (Å²) < 4.78 is 5.63. The predicted octanol–water partition coefficient (Wildman–Crippen LogP) is 3.22. The molecule has 0 aromatic carbocycles. The van der Waals surface area contributed by atoms with E-state index in [9.17, 15) is 0 Å². The summed E-state index contributed by atoms with van der Waals surface area (Å²) in [6.45, 7) is 6.37. The first-order valence-electron chi connectivity index (χ1n) is 4.82. The molecule has 0 N–H and O–H groups in total. The van der Waals surface area contributed by atoms with Crippen molar-refractivity contribution in [3.63, 3.8) is 0 Å². The summed E-state index contributed by atoms with van der Waals surface area (Å²) in [5.41, 5.74) is 0.525. The second-order valence-corrected chi connectivity index (χ2v) is 4.93. The highest BCUT2D eigenvalue weighted by Gasteiger charge is 2.41. The third-order valence-corrected chi connectivity index (χ3v) is 3.68. The molecule has 0 bridgehead atoms. The van der Waals surface area contributed by atoms with Gasteiger partial charge in [-0.2, -0.15) is 0 Å². The van der Waals surface area contributed by atoms with Gasteiger partial charge in [-0.25, -0.2) is 0 Å². The quantitative estimate of drug-likeness (QED) is 0.507. The first kappa shape index (κ1) is 10.5. The number of hydrogen-bond donors (Lipinski definition) is 0. The van der Waals surface area contributed by atoms with Gasteiger partial charge in [0.05, 0.1) is 6.61 Å². The van der Waals surface area contributed by atoms with E-state index in [1.807, 2.05) is 0 Å². The highest BCUT2D eigenvalue weighted by Crippen LogP contribution is 2.47. The molecule has 72 valence electrons. The van der Waals surface area contributed by atoms with Crippen LogP contribution in [-0.4, -0.2) is 18.5 Å². The van der Waals surface area contributed by atoms with Crippen molar-refractivity contribution in [3.8, 4) is 0 Å². The second kappa shape index (κ2) is 4.61. The molecule has 0 unspecified atom stereocenters. The zero-order valence-corrected chi connectivity index (χ0v) is 9.69. The summed E-state index contributed by atoms with van der Waals surface area (Å²) >= 11 is 3.53. The van der Waals surface area contributed by atoms with Crippen LogP contribution < -0.4 is 0 Å². The van der Waals surface area contributed by atoms with Gasteiger partial charge in [0.2, 0.25) is 0 Å². The normalized spacial score (nSPS) is 20.0. The summed E-state index contributed by atoms with van der Waals surface area (Å²) in [5, 5.41) is 1.11. The van der Waals surface area contributed by atoms with E-state index in [1.54, 1.807) is 0 Å². The van der Waals surface area contributed by atoms with Crippen molar-refractivity contribution < 1.29 is 4.74 Å². The Morgan fingerprint density at radius 2 is 2.08 bits per heavy atom. The van der Waals surface area contributed by atoms with E-state index < -0.39 is 0 Å². The molecule has 0 aromatic heterocycles. The van der Waals surface area contributed by atoms with E-state index in [2.05, 4.69) is 29.8 Å². The Balaban J connectivity index is 1.95. The van der Waals surface area contributed by atoms with Crippen molar-refractivity contribution in [2.24, 2.45) is 11.3 Å². The van der Waals surface area contributed by atoms with Crippen LogP contribution in [0, 0.1) is 11.3 Å². The molecule has 0 saturated heterocycles. The average molecular weight is 235 g/mol. The van der Waals surface area contributed by atoms with Gasteiger partial charge in [0.15, 0.2) is 0 Å². The van der Waals surface area contributed by atoms with E-state index >= 15 is 0 Å². The van der Waals surface area contributed by atoms with Crippen LogP contribution >= 0.6 is 15.9 Å². The summed E-state index contributed by atoms with van der Waals surface area (Å²) in [6.07, 6.45) is 3.89. The molecule has 12 heavy (non-hydrogen) atoms. The molecule has 2 heteroatoms. The van der Waals surface area contributed by atoms with Gasteiger partial charge in [0.1, 0.15) is 0 Å². The Bertz CT molecular complexity index is 130. The number of hydrogen-bond acceptors (Lipinski definition) is 1. The van der Waals surface area contributed by atoms with E-state index in [-0.39, 0.29) is 0 Å². The molecule has 1 nitrogen and oxygen atoms in total. The fraction of sp³-hybridized carbons (Fsp3) is 1.00. The van der Waals surface area contributed by atoms with Gasteiger partial charge in [0, 0.05) is 17.4 Å². The van der Waals surface area contributed by atoms with Crippen LogP contribution in [0.1, 0.15) is 33.1 Å². The van der Waals surface area contributed by atoms with E-state index in [0.717, 1.165) is 24.5 Å². The zero-order valence-electron chi connectivity index (χ0n) is 8.11. The van der Waals surface area contributed by atoms with Crippen molar-refractivity contribution in [1.29, 1.82) is 0 Å². The third kappa shape index (κ3) is 3.44. The number of alkyl halides is 1. The molecular formula is C10H19BrO. The highest BCUT2D eigenvalue weighted by molar-refractivity contribution is 9.09. The van der Waals surface area contributed by atoms with Gasteiger partial charge in [-0.3, -0.25) is 0 Å². The lowest BCUT2D eigenvalue weighted by molar-refractivity contribution is 0.0902. The van der Waals surface area contributed by atoms with Crippen LogP contribution in [0.5, 0.6) is 0 Å². The summed E-state index contributed by atoms with van der Waals surface area (Å²) in [5.74, 6) is 0.768. The van der Waals surface area contributed by atoms with Crippen molar-refractivity contribution in [3.05, 3.63) is 0 Å². The van der Waals surface area contributed by atoms with Crippen LogP contribution in [0.25, 0.3) is 0 Å². The van der Waals surface area contributed by atoms with Gasteiger partial charge >= 0.3 is 0 Å². The topological polar surface area (TPSA) is 9.23 Å². The molecule has 0 heterocycles. The van der Waals surface area contributed by atoms with Crippen molar-refractivity contribution in [1.82, 2.24) is 0 Å². The first-order chi connectivity index (χ1) is 5.68. The minimum Gasteiger partial charge on any atom is -0.381 e. The Morgan fingerprint density at radius 1 is 1.42 bits per heavy atom. The van der Waals surface area contributed by atoms with Crippen LogP contribution in [-0.2, 0) is 4.74 Å². The van der Waals surface area contributed by atoms with Crippen LogP contribution in [0.15, 0.2) is 0 Å². The van der Waals surface area contributed by atoms with E-state index in [1.165, 1.54) is 19.3 Å². The molecule has 1 saturated carbocycles. The summed E-state index contributed by atoms with van der Waals surface area (Å²) in [4.78, 5) is 0. The maximum atomic E-state index is 5.63. The smallest absolute Gasteiger partial charge is 0.0530 e. The maximum absolute atomic E-state index is 5.63. The fourth-order valence-corrected chi connectivity index (χ4v) is 1.82.